The fourth-order valence-electron chi connectivity index (χ4n) is 0.805. The fraction of sp³-hybridized carbons (Fsp3) is 0.500. The van der Waals surface area contributed by atoms with E-state index in [1.807, 2.05) is 6.08 Å². The number of hydrogen-bond donors (Lipinski definition) is 0. The van der Waals surface area contributed by atoms with Gasteiger partial charge in [-0.2, -0.15) is 6.08 Å². The van der Waals surface area contributed by atoms with Gasteiger partial charge in [-0.15, -0.1) is 6.42 Å². The van der Waals surface area contributed by atoms with Crippen molar-refractivity contribution in [2.45, 2.75) is 25.7 Å². The Kier molecular flexibility index (Phi) is 6.36. The molecule has 0 heterocycles. The van der Waals surface area contributed by atoms with Gasteiger partial charge in [0.25, 0.3) is 0 Å². The fourth-order valence-corrected chi connectivity index (χ4v) is 0.805. The van der Waals surface area contributed by atoms with Gasteiger partial charge in [0.15, 0.2) is 0 Å². The van der Waals surface area contributed by atoms with Crippen LogP contribution in [0.2, 0.25) is 0 Å². The first-order valence-electron chi connectivity index (χ1n) is 3.22. The van der Waals surface area contributed by atoms with E-state index < -0.39 is 0 Å². The molecule has 0 aromatic carbocycles. The van der Waals surface area contributed by atoms with Gasteiger partial charge in [-0.05, 0) is 0 Å². The summed E-state index contributed by atoms with van der Waals surface area (Å²) in [7, 11) is 0. The van der Waals surface area contributed by atoms with Gasteiger partial charge < -0.3 is 0 Å². The molecule has 0 atom stereocenters. The van der Waals surface area contributed by atoms with E-state index in [4.69, 9.17) is 0 Å². The summed E-state index contributed by atoms with van der Waals surface area (Å²) >= 11 is 0. The molecule has 0 amide bonds. The molecule has 1 rings (SSSR count). The van der Waals surface area contributed by atoms with E-state index in [1.165, 1.54) is 19.3 Å². The third-order valence-corrected chi connectivity index (χ3v) is 1.29. The molecule has 54 valence electrons. The van der Waals surface area contributed by atoms with E-state index >= 15 is 0 Å². The number of rotatable bonds is 0. The summed E-state index contributed by atoms with van der Waals surface area (Å²) in [5.41, 5.74) is 0. The van der Waals surface area contributed by atoms with E-state index in [0.717, 1.165) is 6.42 Å². The Bertz CT molecular complexity index is 89.1. The average Bonchev–Trinajstić information content (AvgIpc) is 1.62. The van der Waals surface area contributed by atoms with Crippen molar-refractivity contribution in [2.75, 3.05) is 0 Å². The van der Waals surface area contributed by atoms with Gasteiger partial charge in [-0.3, -0.25) is 6.08 Å². The molecule has 0 unspecified atom stereocenters. The smallest absolute Gasteiger partial charge is 0 e. The van der Waals surface area contributed by atoms with Gasteiger partial charge in [-0.1, -0.05) is 19.3 Å². The van der Waals surface area contributed by atoms with Crippen molar-refractivity contribution in [3.63, 3.8) is 0 Å². The zero-order valence-corrected chi connectivity index (χ0v) is 6.93. The predicted octanol–water partition coefficient (Wildman–Crippen LogP) is 2.47. The molecule has 0 saturated heterocycles. The van der Waals surface area contributed by atoms with Crippen LogP contribution in [0.4, 0.5) is 0 Å². The van der Waals surface area contributed by atoms with Crippen LogP contribution in [0.1, 0.15) is 25.7 Å². The molecule has 0 fully saturated rings. The average molecular weight is 214 g/mol. The minimum absolute atomic E-state index is 0. The van der Waals surface area contributed by atoms with Crippen LogP contribution < -0.4 is 0 Å². The second kappa shape index (κ2) is 6.27. The Morgan fingerprint density at radius 1 is 1.22 bits per heavy atom. The van der Waals surface area contributed by atoms with Crippen LogP contribution in [0.5, 0.6) is 0 Å². The van der Waals surface area contributed by atoms with Gasteiger partial charge in [0, 0.05) is 20.4 Å². The van der Waals surface area contributed by atoms with Crippen LogP contribution in [0, 0.1) is 6.08 Å². The molecule has 9 heavy (non-hydrogen) atoms. The van der Waals surface area contributed by atoms with Gasteiger partial charge in [0.1, 0.15) is 0 Å². The van der Waals surface area contributed by atoms with E-state index in [0.29, 0.717) is 0 Å². The SMILES string of the molecule is [C-]1=C/C=C\CCCC1.[Pd]. The summed E-state index contributed by atoms with van der Waals surface area (Å²) in [6.07, 6.45) is 14.5. The van der Waals surface area contributed by atoms with E-state index in [2.05, 4.69) is 18.2 Å². The van der Waals surface area contributed by atoms with Crippen LogP contribution in [0.25, 0.3) is 0 Å². The Balaban J connectivity index is 0.000000640. The largest absolute Gasteiger partial charge is 0.275 e. The molecular weight excluding hydrogens is 203 g/mol. The monoisotopic (exact) mass is 213 g/mol. The summed E-state index contributed by atoms with van der Waals surface area (Å²) in [5, 5.41) is 0. The molecule has 0 bridgehead atoms. The van der Waals surface area contributed by atoms with Crippen molar-refractivity contribution in [1.29, 1.82) is 0 Å². The molecule has 1 heteroatoms. The molecular formula is C8H11Pd-. The maximum atomic E-state index is 3.18. The van der Waals surface area contributed by atoms with Crippen LogP contribution in [0.3, 0.4) is 0 Å². The van der Waals surface area contributed by atoms with E-state index in [-0.39, 0.29) is 20.4 Å². The summed E-state index contributed by atoms with van der Waals surface area (Å²) < 4.78 is 0. The standard InChI is InChI=1S/C8H11.Pd/c1-2-4-6-8-7-5-3-1;/h1-3H,4,6-8H2;/q-1;/b2-1-;. The first-order chi connectivity index (χ1) is 4.00. The van der Waals surface area contributed by atoms with Gasteiger partial charge in [-0.25, -0.2) is 12.2 Å². The van der Waals surface area contributed by atoms with Crippen molar-refractivity contribution in [1.82, 2.24) is 0 Å². The summed E-state index contributed by atoms with van der Waals surface area (Å²) in [6, 6.07) is 0. The predicted molar refractivity (Wildman–Crippen MR) is 35.4 cm³/mol. The molecule has 0 nitrogen and oxygen atoms in total. The first-order valence-corrected chi connectivity index (χ1v) is 3.22. The number of allylic oxidation sites excluding steroid dienone is 4. The summed E-state index contributed by atoms with van der Waals surface area (Å²) in [5.74, 6) is 0. The van der Waals surface area contributed by atoms with E-state index in [9.17, 15) is 0 Å². The Hall–Kier alpha value is 0.142. The Labute approximate surface area is 70.7 Å². The van der Waals surface area contributed by atoms with Crippen molar-refractivity contribution in [3.8, 4) is 0 Å². The van der Waals surface area contributed by atoms with Crippen molar-refractivity contribution >= 4 is 0 Å². The maximum absolute atomic E-state index is 3.18. The molecule has 0 aromatic heterocycles. The molecule has 0 N–H and O–H groups in total. The minimum atomic E-state index is 0. The van der Waals surface area contributed by atoms with Crippen LogP contribution in [0.15, 0.2) is 18.2 Å². The summed E-state index contributed by atoms with van der Waals surface area (Å²) in [6.45, 7) is 0. The molecule has 0 saturated carbocycles. The van der Waals surface area contributed by atoms with E-state index in [1.54, 1.807) is 0 Å². The zero-order valence-electron chi connectivity index (χ0n) is 5.38. The van der Waals surface area contributed by atoms with Crippen LogP contribution in [-0.4, -0.2) is 0 Å². The second-order valence-electron chi connectivity index (χ2n) is 2.04. The third kappa shape index (κ3) is 4.63. The Morgan fingerprint density at radius 3 is 3.00 bits per heavy atom. The molecule has 0 aliphatic heterocycles. The topological polar surface area (TPSA) is 0 Å². The van der Waals surface area contributed by atoms with Gasteiger partial charge in [0.05, 0.1) is 0 Å². The van der Waals surface area contributed by atoms with Crippen molar-refractivity contribution in [3.05, 3.63) is 24.3 Å². The second-order valence-corrected chi connectivity index (χ2v) is 2.04. The minimum Gasteiger partial charge on any atom is -0.275 e. The quantitative estimate of drug-likeness (QED) is 0.428. The van der Waals surface area contributed by atoms with Crippen molar-refractivity contribution < 1.29 is 20.4 Å². The normalized spacial score (nSPS) is 21.3. The van der Waals surface area contributed by atoms with Crippen molar-refractivity contribution in [2.24, 2.45) is 0 Å². The third-order valence-electron chi connectivity index (χ3n) is 1.29. The molecule has 1 aliphatic rings. The summed E-state index contributed by atoms with van der Waals surface area (Å²) in [4.78, 5) is 0. The van der Waals surface area contributed by atoms with Crippen LogP contribution in [-0.2, 0) is 20.4 Å². The maximum Gasteiger partial charge on any atom is 0 e. The Morgan fingerprint density at radius 2 is 2.11 bits per heavy atom. The number of hydrogen-bond acceptors (Lipinski definition) is 0. The van der Waals surface area contributed by atoms with Gasteiger partial charge in [0.2, 0.25) is 0 Å². The molecule has 0 aromatic rings. The molecule has 0 radical (unpaired) electrons. The van der Waals surface area contributed by atoms with Crippen LogP contribution >= 0.6 is 0 Å². The zero-order chi connectivity index (χ0) is 5.66. The molecule has 0 spiro atoms. The molecule has 1 aliphatic carbocycles. The van der Waals surface area contributed by atoms with Gasteiger partial charge >= 0.3 is 0 Å². The first kappa shape index (κ1) is 9.14.